The monoisotopic (exact) mass is 311 g/mol. The van der Waals surface area contributed by atoms with Crippen LogP contribution in [0, 0.1) is 5.41 Å². The lowest BCUT2D eigenvalue weighted by atomic mass is 9.85. The van der Waals surface area contributed by atoms with Gasteiger partial charge in [-0.15, -0.1) is 0 Å². The molecule has 1 heterocycles. The minimum Gasteiger partial charge on any atom is -0.465 e. The molecule has 1 aliphatic rings. The zero-order valence-corrected chi connectivity index (χ0v) is 12.7. The van der Waals surface area contributed by atoms with E-state index in [1.807, 2.05) is 20.8 Å². The summed E-state index contributed by atoms with van der Waals surface area (Å²) in [5.74, 6) is -0.914. The molecule has 1 N–H and O–H groups in total. The minimum absolute atomic E-state index is 0.364. The van der Waals surface area contributed by atoms with Crippen LogP contribution in [0.5, 0.6) is 0 Å². The molecule has 3 atom stereocenters. The Kier molecular flexibility index (Phi) is 4.75. The Morgan fingerprint density at radius 3 is 2.41 bits per heavy atom. The van der Waals surface area contributed by atoms with Gasteiger partial charge in [0.25, 0.3) is 0 Å². The highest BCUT2D eigenvalue weighted by atomic mass is 16.5. The Bertz CT molecular complexity index is 573. The summed E-state index contributed by atoms with van der Waals surface area (Å²) in [7, 11) is 0. The van der Waals surface area contributed by atoms with Crippen molar-refractivity contribution in [3.8, 4) is 0 Å². The molecule has 1 fully saturated rings. The van der Waals surface area contributed by atoms with E-state index >= 15 is 0 Å². The van der Waals surface area contributed by atoms with E-state index in [2.05, 4.69) is 20.1 Å². The number of amides is 1. The number of nitrogens with zero attached hydrogens (tertiary/aromatic N) is 7. The number of azide groups is 2. The normalized spacial score (nSPS) is 25.1. The summed E-state index contributed by atoms with van der Waals surface area (Å²) in [6.45, 7) is 6.78. The molecule has 1 amide bonds. The van der Waals surface area contributed by atoms with Gasteiger partial charge < -0.3 is 9.84 Å². The zero-order chi connectivity index (χ0) is 17.1. The molecular formula is C11H17N7O4. The first-order chi connectivity index (χ1) is 10.1. The van der Waals surface area contributed by atoms with Gasteiger partial charge in [0.05, 0.1) is 0 Å². The highest BCUT2D eigenvalue weighted by Gasteiger charge is 2.61. The molecule has 1 aliphatic heterocycles. The summed E-state index contributed by atoms with van der Waals surface area (Å²) in [6.07, 6.45) is -3.38. The third kappa shape index (κ3) is 3.00. The average molecular weight is 311 g/mol. The van der Waals surface area contributed by atoms with Crippen molar-refractivity contribution in [3.63, 3.8) is 0 Å². The second-order valence-corrected chi connectivity index (χ2v) is 6.02. The van der Waals surface area contributed by atoms with E-state index in [-0.39, 0.29) is 5.41 Å². The van der Waals surface area contributed by atoms with Crippen molar-refractivity contribution in [1.29, 1.82) is 0 Å². The number of carbonyl (C=O) groups is 2. The summed E-state index contributed by atoms with van der Waals surface area (Å²) in [6, 6.07) is 0. The molecule has 11 heteroatoms. The molecule has 120 valence electrons. The maximum Gasteiger partial charge on any atom is 0.407 e. The molecule has 22 heavy (non-hydrogen) atoms. The molecular weight excluding hydrogens is 294 g/mol. The van der Waals surface area contributed by atoms with Crippen LogP contribution in [0.25, 0.3) is 20.9 Å². The summed E-state index contributed by atoms with van der Waals surface area (Å²) in [4.78, 5) is 29.2. The third-order valence-electron chi connectivity index (χ3n) is 3.62. The second kappa shape index (κ2) is 6.00. The van der Waals surface area contributed by atoms with Gasteiger partial charge in [-0.05, 0) is 23.4 Å². The van der Waals surface area contributed by atoms with Gasteiger partial charge in [0.1, 0.15) is 12.3 Å². The first-order valence-corrected chi connectivity index (χ1v) is 6.41. The molecule has 1 rings (SSSR count). The van der Waals surface area contributed by atoms with Crippen LogP contribution in [0.15, 0.2) is 10.2 Å². The van der Waals surface area contributed by atoms with Gasteiger partial charge in [0.2, 0.25) is 0 Å². The van der Waals surface area contributed by atoms with Crippen molar-refractivity contribution in [3.05, 3.63) is 20.9 Å². The molecule has 11 nitrogen and oxygen atoms in total. The Balaban J connectivity index is 3.12. The van der Waals surface area contributed by atoms with Crippen molar-refractivity contribution in [2.24, 2.45) is 15.6 Å². The number of ether oxygens (including phenoxy) is 1. The molecule has 0 aromatic heterocycles. The molecule has 1 saturated heterocycles. The first kappa shape index (κ1) is 17.4. The van der Waals surface area contributed by atoms with E-state index in [1.54, 1.807) is 6.92 Å². The van der Waals surface area contributed by atoms with Crippen LogP contribution in [0.1, 0.15) is 27.7 Å². The average Bonchev–Trinajstić information content (AvgIpc) is 2.38. The van der Waals surface area contributed by atoms with Gasteiger partial charge >= 0.3 is 12.1 Å². The van der Waals surface area contributed by atoms with Crippen LogP contribution in [0.2, 0.25) is 0 Å². The van der Waals surface area contributed by atoms with Crippen LogP contribution in [-0.4, -0.2) is 46.4 Å². The summed E-state index contributed by atoms with van der Waals surface area (Å²) in [5.41, 5.74) is 15.0. The van der Waals surface area contributed by atoms with Crippen LogP contribution >= 0.6 is 0 Å². The fourth-order valence-corrected chi connectivity index (χ4v) is 1.77. The molecule has 0 saturated carbocycles. The predicted octanol–water partition coefficient (Wildman–Crippen LogP) is 2.64. The van der Waals surface area contributed by atoms with Crippen molar-refractivity contribution in [1.82, 2.24) is 4.90 Å². The maximum atomic E-state index is 12.4. The lowest BCUT2D eigenvalue weighted by molar-refractivity contribution is -0.170. The van der Waals surface area contributed by atoms with Gasteiger partial charge in [0, 0.05) is 16.4 Å². The molecule has 0 aromatic rings. The summed E-state index contributed by atoms with van der Waals surface area (Å²) in [5, 5.41) is 15.6. The number of carbonyl (C=O) groups excluding carboxylic acids is 1. The van der Waals surface area contributed by atoms with Crippen LogP contribution in [0.4, 0.5) is 4.79 Å². The van der Waals surface area contributed by atoms with E-state index in [0.29, 0.717) is 4.90 Å². The van der Waals surface area contributed by atoms with Crippen LogP contribution < -0.4 is 0 Å². The fourth-order valence-electron chi connectivity index (χ4n) is 1.77. The van der Waals surface area contributed by atoms with Crippen LogP contribution in [-0.2, 0) is 9.53 Å². The SMILES string of the molecule is CC(OC(=O)C1(N=[N+]=[N-])CN(C(=O)O)C1N=[N+]=[N-])C(C)(C)C. The predicted molar refractivity (Wildman–Crippen MR) is 74.6 cm³/mol. The Morgan fingerprint density at radius 1 is 1.41 bits per heavy atom. The number of hydrogen-bond acceptors (Lipinski definition) is 5. The molecule has 0 radical (unpaired) electrons. The smallest absolute Gasteiger partial charge is 0.407 e. The van der Waals surface area contributed by atoms with Crippen molar-refractivity contribution >= 4 is 12.1 Å². The first-order valence-electron chi connectivity index (χ1n) is 6.41. The minimum atomic E-state index is -1.88. The highest BCUT2D eigenvalue weighted by molar-refractivity contribution is 5.87. The quantitative estimate of drug-likeness (QED) is 0.365. The summed E-state index contributed by atoms with van der Waals surface area (Å²) >= 11 is 0. The Labute approximate surface area is 126 Å². The number of carboxylic acid groups (broad SMARTS) is 1. The standard InChI is InChI=1S/C11H17N7O4/c1-6(10(2,3)4)22-8(19)11(15-17-13)5-18(9(20)21)7(11)14-16-12/h6-7H,5H2,1-4H3,(H,20,21). The van der Waals surface area contributed by atoms with Gasteiger partial charge in [-0.2, -0.15) is 0 Å². The lowest BCUT2D eigenvalue weighted by Crippen LogP contribution is -2.73. The highest BCUT2D eigenvalue weighted by Crippen LogP contribution is 2.37. The number of hydrogen-bond donors (Lipinski definition) is 1. The van der Waals surface area contributed by atoms with Crippen molar-refractivity contribution in [2.75, 3.05) is 6.54 Å². The topological polar surface area (TPSA) is 164 Å². The van der Waals surface area contributed by atoms with E-state index in [0.717, 1.165) is 0 Å². The van der Waals surface area contributed by atoms with E-state index in [9.17, 15) is 9.59 Å². The van der Waals surface area contributed by atoms with E-state index in [4.69, 9.17) is 20.9 Å². The Hall–Kier alpha value is -2.64. The van der Waals surface area contributed by atoms with Gasteiger partial charge in [0.15, 0.2) is 5.54 Å². The number of likely N-dealkylation sites (tertiary alicyclic amines) is 1. The van der Waals surface area contributed by atoms with Gasteiger partial charge in [-0.1, -0.05) is 31.0 Å². The lowest BCUT2D eigenvalue weighted by Gasteiger charge is -2.49. The van der Waals surface area contributed by atoms with Crippen molar-refractivity contribution in [2.45, 2.75) is 45.5 Å². The maximum absolute atomic E-state index is 12.4. The third-order valence-corrected chi connectivity index (χ3v) is 3.62. The zero-order valence-electron chi connectivity index (χ0n) is 12.7. The van der Waals surface area contributed by atoms with E-state index < -0.39 is 36.4 Å². The van der Waals surface area contributed by atoms with Gasteiger partial charge in [-0.25, -0.2) is 4.79 Å². The number of rotatable bonds is 4. The fraction of sp³-hybridized carbons (Fsp3) is 0.818. The molecule has 0 spiro atoms. The molecule has 0 bridgehead atoms. The molecule has 0 aliphatic carbocycles. The largest absolute Gasteiger partial charge is 0.465 e. The van der Waals surface area contributed by atoms with E-state index in [1.165, 1.54) is 0 Å². The van der Waals surface area contributed by atoms with Crippen molar-refractivity contribution < 1.29 is 19.4 Å². The second-order valence-electron chi connectivity index (χ2n) is 6.02. The van der Waals surface area contributed by atoms with Gasteiger partial charge in [-0.3, -0.25) is 9.69 Å². The number of esters is 1. The van der Waals surface area contributed by atoms with Crippen LogP contribution in [0.3, 0.4) is 0 Å². The molecule has 0 aromatic carbocycles. The Morgan fingerprint density at radius 2 is 2.00 bits per heavy atom. The summed E-state index contributed by atoms with van der Waals surface area (Å²) < 4.78 is 5.27. The molecule has 3 unspecified atom stereocenters.